The number of hydrogen-bond donors (Lipinski definition) is 1. The molecule has 1 aliphatic rings. The molecule has 3 rings (SSSR count). The monoisotopic (exact) mass is 376 g/mol. The van der Waals surface area contributed by atoms with Crippen molar-refractivity contribution in [3.8, 4) is 0 Å². The predicted octanol–water partition coefficient (Wildman–Crippen LogP) is 4.49. The Labute approximate surface area is 158 Å². The predicted molar refractivity (Wildman–Crippen MR) is 103 cm³/mol. The summed E-state index contributed by atoms with van der Waals surface area (Å²) in [5, 5.41) is 4.46. The Kier molecular flexibility index (Phi) is 6.35. The van der Waals surface area contributed by atoms with Crippen LogP contribution < -0.4 is 5.32 Å². The van der Waals surface area contributed by atoms with E-state index in [-0.39, 0.29) is 11.9 Å². The fourth-order valence-corrected chi connectivity index (χ4v) is 3.74. The molecule has 0 bridgehead atoms. The molecule has 1 amide bonds. The van der Waals surface area contributed by atoms with Gasteiger partial charge in [-0.15, -0.1) is 0 Å². The van der Waals surface area contributed by atoms with E-state index in [1.807, 2.05) is 42.5 Å². The summed E-state index contributed by atoms with van der Waals surface area (Å²) in [6.45, 7) is 2.70. The van der Waals surface area contributed by atoms with Gasteiger partial charge in [0, 0.05) is 16.6 Å². The van der Waals surface area contributed by atoms with Gasteiger partial charge >= 0.3 is 0 Å². The van der Waals surface area contributed by atoms with E-state index in [1.54, 1.807) is 0 Å². The molecule has 1 atom stereocenters. The first-order valence-corrected chi connectivity index (χ1v) is 9.38. The van der Waals surface area contributed by atoms with E-state index in [2.05, 4.69) is 16.3 Å². The standard InChI is InChI=1S/C20H22Cl2N2O/c21-17-7-3-5-15(11-17)12-20(25)23-14-19(24-9-1-2-10-24)16-6-4-8-18(22)13-16/h3-8,11,13,19H,1-2,9-10,12,14H2,(H,23,25). The van der Waals surface area contributed by atoms with Gasteiger partial charge in [-0.25, -0.2) is 0 Å². The molecule has 2 aromatic rings. The van der Waals surface area contributed by atoms with Gasteiger partial charge in [0.15, 0.2) is 0 Å². The number of likely N-dealkylation sites (tertiary alicyclic amines) is 1. The number of halogens is 2. The largest absolute Gasteiger partial charge is 0.354 e. The first-order chi connectivity index (χ1) is 12.1. The highest BCUT2D eigenvalue weighted by Crippen LogP contribution is 2.26. The Morgan fingerprint density at radius 1 is 1.04 bits per heavy atom. The molecule has 1 saturated heterocycles. The van der Waals surface area contributed by atoms with Crippen LogP contribution in [0.25, 0.3) is 0 Å². The fraction of sp³-hybridized carbons (Fsp3) is 0.350. The lowest BCUT2D eigenvalue weighted by molar-refractivity contribution is -0.120. The molecular formula is C20H22Cl2N2O. The molecule has 0 radical (unpaired) electrons. The smallest absolute Gasteiger partial charge is 0.224 e. The van der Waals surface area contributed by atoms with Crippen molar-refractivity contribution in [1.29, 1.82) is 0 Å². The molecule has 3 nitrogen and oxygen atoms in total. The maximum absolute atomic E-state index is 12.3. The Morgan fingerprint density at radius 3 is 2.40 bits per heavy atom. The molecule has 0 aromatic heterocycles. The van der Waals surface area contributed by atoms with Crippen molar-refractivity contribution in [3.63, 3.8) is 0 Å². The number of hydrogen-bond acceptors (Lipinski definition) is 2. The van der Waals surface area contributed by atoms with Crippen molar-refractivity contribution in [2.75, 3.05) is 19.6 Å². The molecule has 1 aliphatic heterocycles. The molecule has 25 heavy (non-hydrogen) atoms. The van der Waals surface area contributed by atoms with Crippen LogP contribution in [0.1, 0.15) is 30.0 Å². The summed E-state index contributed by atoms with van der Waals surface area (Å²) in [7, 11) is 0. The minimum atomic E-state index is 0.00786. The lowest BCUT2D eigenvalue weighted by Gasteiger charge is -2.28. The van der Waals surface area contributed by atoms with E-state index >= 15 is 0 Å². The number of amides is 1. The highest BCUT2D eigenvalue weighted by atomic mass is 35.5. The summed E-state index contributed by atoms with van der Waals surface area (Å²) in [4.78, 5) is 14.8. The number of nitrogens with zero attached hydrogens (tertiary/aromatic N) is 1. The topological polar surface area (TPSA) is 32.3 Å². The maximum Gasteiger partial charge on any atom is 0.224 e. The number of carbonyl (C=O) groups is 1. The minimum absolute atomic E-state index is 0.00786. The SMILES string of the molecule is O=C(Cc1cccc(Cl)c1)NCC(c1cccc(Cl)c1)N1CCCC1. The van der Waals surface area contributed by atoms with Crippen LogP contribution in [0.4, 0.5) is 0 Å². The average Bonchev–Trinajstić information content (AvgIpc) is 3.09. The molecule has 1 heterocycles. The second-order valence-corrected chi connectivity index (χ2v) is 7.30. The van der Waals surface area contributed by atoms with E-state index in [1.165, 1.54) is 12.8 Å². The minimum Gasteiger partial charge on any atom is -0.354 e. The van der Waals surface area contributed by atoms with Gasteiger partial charge in [-0.2, -0.15) is 0 Å². The van der Waals surface area contributed by atoms with Crippen LogP contribution in [0, 0.1) is 0 Å². The van der Waals surface area contributed by atoms with Gasteiger partial charge in [0.1, 0.15) is 0 Å². The molecule has 1 unspecified atom stereocenters. The van der Waals surface area contributed by atoms with Gasteiger partial charge < -0.3 is 5.32 Å². The second kappa shape index (κ2) is 8.70. The van der Waals surface area contributed by atoms with Gasteiger partial charge in [-0.05, 0) is 61.3 Å². The van der Waals surface area contributed by atoms with Gasteiger partial charge in [0.2, 0.25) is 5.91 Å². The molecule has 5 heteroatoms. The zero-order valence-electron chi connectivity index (χ0n) is 14.1. The molecule has 1 N–H and O–H groups in total. The molecule has 0 aliphatic carbocycles. The van der Waals surface area contributed by atoms with Gasteiger partial charge in [0.25, 0.3) is 0 Å². The Balaban J connectivity index is 1.65. The molecule has 132 valence electrons. The van der Waals surface area contributed by atoms with Crippen molar-refractivity contribution in [2.24, 2.45) is 0 Å². The van der Waals surface area contributed by atoms with E-state index in [4.69, 9.17) is 23.2 Å². The van der Waals surface area contributed by atoms with Crippen LogP contribution in [-0.4, -0.2) is 30.4 Å². The lowest BCUT2D eigenvalue weighted by atomic mass is 10.1. The second-order valence-electron chi connectivity index (χ2n) is 6.42. The van der Waals surface area contributed by atoms with Crippen LogP contribution in [0.3, 0.4) is 0 Å². The van der Waals surface area contributed by atoms with Crippen LogP contribution in [0.2, 0.25) is 10.0 Å². The molecule has 1 fully saturated rings. The highest BCUT2D eigenvalue weighted by Gasteiger charge is 2.24. The van der Waals surface area contributed by atoms with Crippen LogP contribution in [0.5, 0.6) is 0 Å². The highest BCUT2D eigenvalue weighted by molar-refractivity contribution is 6.30. The lowest BCUT2D eigenvalue weighted by Crippen LogP contribution is -2.37. The van der Waals surface area contributed by atoms with E-state index in [0.717, 1.165) is 29.2 Å². The molecular weight excluding hydrogens is 355 g/mol. The average molecular weight is 377 g/mol. The summed E-state index contributed by atoms with van der Waals surface area (Å²) in [5.74, 6) is 0.00786. The van der Waals surface area contributed by atoms with Crippen molar-refractivity contribution in [2.45, 2.75) is 25.3 Å². The van der Waals surface area contributed by atoms with Crippen molar-refractivity contribution in [1.82, 2.24) is 10.2 Å². The summed E-state index contributed by atoms with van der Waals surface area (Å²) >= 11 is 12.1. The summed E-state index contributed by atoms with van der Waals surface area (Å²) in [6.07, 6.45) is 2.74. The summed E-state index contributed by atoms with van der Waals surface area (Å²) < 4.78 is 0. The number of benzene rings is 2. The van der Waals surface area contributed by atoms with Gasteiger partial charge in [-0.1, -0.05) is 47.5 Å². The first kappa shape index (κ1) is 18.2. The van der Waals surface area contributed by atoms with E-state index in [9.17, 15) is 4.79 Å². The summed E-state index contributed by atoms with van der Waals surface area (Å²) in [6, 6.07) is 15.5. The Morgan fingerprint density at radius 2 is 1.72 bits per heavy atom. The molecule has 2 aromatic carbocycles. The Hall–Kier alpha value is -1.55. The van der Waals surface area contributed by atoms with E-state index in [0.29, 0.717) is 18.0 Å². The summed E-state index contributed by atoms with van der Waals surface area (Å²) in [5.41, 5.74) is 2.07. The fourth-order valence-electron chi connectivity index (χ4n) is 3.33. The quantitative estimate of drug-likeness (QED) is 0.805. The number of nitrogens with one attached hydrogen (secondary N) is 1. The van der Waals surface area contributed by atoms with Crippen LogP contribution >= 0.6 is 23.2 Å². The zero-order valence-corrected chi connectivity index (χ0v) is 15.6. The normalized spacial score (nSPS) is 15.9. The van der Waals surface area contributed by atoms with Crippen molar-refractivity contribution >= 4 is 29.1 Å². The first-order valence-electron chi connectivity index (χ1n) is 8.62. The van der Waals surface area contributed by atoms with Crippen molar-refractivity contribution in [3.05, 3.63) is 69.7 Å². The number of carbonyl (C=O) groups excluding carboxylic acids is 1. The zero-order chi connectivity index (χ0) is 17.6. The van der Waals surface area contributed by atoms with Crippen LogP contribution in [0.15, 0.2) is 48.5 Å². The third-order valence-electron chi connectivity index (χ3n) is 4.56. The van der Waals surface area contributed by atoms with Crippen LogP contribution in [-0.2, 0) is 11.2 Å². The number of rotatable bonds is 6. The maximum atomic E-state index is 12.3. The third-order valence-corrected chi connectivity index (χ3v) is 5.03. The van der Waals surface area contributed by atoms with E-state index < -0.39 is 0 Å². The molecule has 0 spiro atoms. The van der Waals surface area contributed by atoms with Gasteiger partial charge in [-0.3, -0.25) is 9.69 Å². The van der Waals surface area contributed by atoms with Gasteiger partial charge in [0.05, 0.1) is 12.5 Å². The third kappa shape index (κ3) is 5.21. The van der Waals surface area contributed by atoms with Crippen molar-refractivity contribution < 1.29 is 4.79 Å². The Bertz CT molecular complexity index is 729. The molecule has 0 saturated carbocycles.